The smallest absolute Gasteiger partial charge is 0.251 e. The highest BCUT2D eigenvalue weighted by molar-refractivity contribution is 7.09. The lowest BCUT2D eigenvalue weighted by Crippen LogP contribution is -2.25. The number of nitrogens with one attached hydrogen (secondary N) is 1. The maximum atomic E-state index is 11.9. The molecule has 2 aromatic rings. The zero-order valence-corrected chi connectivity index (χ0v) is 12.3. The third-order valence-corrected chi connectivity index (χ3v) is 4.14. The van der Waals surface area contributed by atoms with Gasteiger partial charge in [0.15, 0.2) is 0 Å². The van der Waals surface area contributed by atoms with Crippen LogP contribution < -0.4 is 11.1 Å². The molecule has 0 radical (unpaired) electrons. The predicted molar refractivity (Wildman–Crippen MR) is 81.2 cm³/mol. The number of nitrogen functional groups attached to an aromatic ring is 1. The van der Waals surface area contributed by atoms with Crippen molar-refractivity contribution in [2.75, 3.05) is 12.3 Å². The summed E-state index contributed by atoms with van der Waals surface area (Å²) in [5.41, 5.74) is 6.32. The van der Waals surface area contributed by atoms with E-state index in [2.05, 4.69) is 5.32 Å². The van der Waals surface area contributed by atoms with E-state index in [1.165, 1.54) is 17.0 Å². The minimum atomic E-state index is -0.208. The third-order valence-electron chi connectivity index (χ3n) is 2.58. The molecule has 1 heterocycles. The Labute approximate surface area is 125 Å². The van der Waals surface area contributed by atoms with Gasteiger partial charge in [0, 0.05) is 17.0 Å². The van der Waals surface area contributed by atoms with Crippen LogP contribution in [0.25, 0.3) is 0 Å². The Hall–Kier alpha value is -1.23. The topological polar surface area (TPSA) is 55.1 Å². The van der Waals surface area contributed by atoms with Crippen molar-refractivity contribution in [2.45, 2.75) is 6.42 Å². The van der Waals surface area contributed by atoms with Crippen LogP contribution in [0, 0.1) is 0 Å². The van der Waals surface area contributed by atoms with Crippen LogP contribution in [-0.4, -0.2) is 12.5 Å². The fourth-order valence-corrected chi connectivity index (χ4v) is 2.77. The van der Waals surface area contributed by atoms with Crippen molar-refractivity contribution in [3.63, 3.8) is 0 Å². The van der Waals surface area contributed by atoms with Crippen molar-refractivity contribution < 1.29 is 4.79 Å². The number of benzene rings is 1. The Morgan fingerprint density at radius 3 is 2.58 bits per heavy atom. The molecule has 0 spiro atoms. The number of halogens is 2. The highest BCUT2D eigenvalue weighted by Gasteiger charge is 2.10. The normalized spacial score (nSPS) is 10.4. The largest absolute Gasteiger partial charge is 0.396 e. The van der Waals surface area contributed by atoms with Gasteiger partial charge in [0.1, 0.15) is 0 Å². The second-order valence-electron chi connectivity index (χ2n) is 3.94. The summed E-state index contributed by atoms with van der Waals surface area (Å²) in [6.07, 6.45) is 0.805. The second-order valence-corrected chi connectivity index (χ2v) is 5.79. The van der Waals surface area contributed by atoms with Gasteiger partial charge in [0.05, 0.1) is 15.7 Å². The van der Waals surface area contributed by atoms with E-state index in [9.17, 15) is 4.79 Å². The Kier molecular flexibility index (Phi) is 4.69. The molecule has 0 unspecified atom stereocenters. The minimum Gasteiger partial charge on any atom is -0.396 e. The Morgan fingerprint density at radius 1 is 1.32 bits per heavy atom. The van der Waals surface area contributed by atoms with Gasteiger partial charge in [-0.1, -0.05) is 29.3 Å². The lowest BCUT2D eigenvalue weighted by atomic mass is 10.2. The molecule has 0 aliphatic carbocycles. The van der Waals surface area contributed by atoms with Gasteiger partial charge in [-0.15, -0.1) is 11.3 Å². The van der Waals surface area contributed by atoms with Crippen LogP contribution >= 0.6 is 34.5 Å². The number of hydrogen-bond donors (Lipinski definition) is 2. The van der Waals surface area contributed by atoms with E-state index in [0.717, 1.165) is 6.42 Å². The highest BCUT2D eigenvalue weighted by Crippen LogP contribution is 2.28. The summed E-state index contributed by atoms with van der Waals surface area (Å²) in [5, 5.41) is 5.41. The zero-order valence-electron chi connectivity index (χ0n) is 9.95. The molecule has 0 aliphatic rings. The zero-order chi connectivity index (χ0) is 13.8. The van der Waals surface area contributed by atoms with Gasteiger partial charge in [-0.2, -0.15) is 0 Å². The summed E-state index contributed by atoms with van der Waals surface area (Å²) < 4.78 is 0. The Balaban J connectivity index is 1.96. The van der Waals surface area contributed by atoms with Crippen molar-refractivity contribution >= 4 is 46.1 Å². The molecule has 1 aromatic heterocycles. The molecular formula is C13H12Cl2N2OS. The first-order chi connectivity index (χ1) is 9.08. The Bertz CT molecular complexity index is 561. The number of amides is 1. The van der Waals surface area contributed by atoms with Crippen LogP contribution in [0.15, 0.2) is 29.6 Å². The lowest BCUT2D eigenvalue weighted by Gasteiger charge is -2.07. The van der Waals surface area contributed by atoms with Crippen molar-refractivity contribution in [1.29, 1.82) is 0 Å². The van der Waals surface area contributed by atoms with Crippen LogP contribution in [0.1, 0.15) is 15.2 Å². The average Bonchev–Trinajstić information content (AvgIpc) is 2.88. The summed E-state index contributed by atoms with van der Waals surface area (Å²) >= 11 is 13.4. The number of carbonyl (C=O) groups is 1. The molecule has 1 amide bonds. The molecular weight excluding hydrogens is 303 g/mol. The van der Waals surface area contributed by atoms with Gasteiger partial charge < -0.3 is 11.1 Å². The molecule has 0 saturated carbocycles. The molecule has 2 rings (SSSR count). The second kappa shape index (κ2) is 6.28. The van der Waals surface area contributed by atoms with E-state index in [1.54, 1.807) is 11.3 Å². The molecule has 3 nitrogen and oxygen atoms in total. The van der Waals surface area contributed by atoms with E-state index < -0.39 is 0 Å². The third kappa shape index (κ3) is 3.62. The molecule has 3 N–H and O–H groups in total. The maximum Gasteiger partial charge on any atom is 0.251 e. The molecule has 0 atom stereocenters. The first kappa shape index (κ1) is 14.2. The molecule has 0 aliphatic heterocycles. The molecule has 0 fully saturated rings. The van der Waals surface area contributed by atoms with Crippen LogP contribution in [0.5, 0.6) is 0 Å². The number of anilines is 1. The van der Waals surface area contributed by atoms with Crippen LogP contribution in [0.4, 0.5) is 5.69 Å². The molecule has 19 heavy (non-hydrogen) atoms. The fourth-order valence-electron chi connectivity index (χ4n) is 1.57. The number of hydrogen-bond acceptors (Lipinski definition) is 3. The number of rotatable bonds is 4. The number of nitrogens with two attached hydrogens (primary N) is 1. The SMILES string of the molecule is Nc1c(Cl)cc(C(=O)NCCc2cccs2)cc1Cl. The molecule has 100 valence electrons. The molecule has 1 aromatic carbocycles. The summed E-state index contributed by atoms with van der Waals surface area (Å²) in [7, 11) is 0. The van der Waals surface area contributed by atoms with Gasteiger partial charge >= 0.3 is 0 Å². The van der Waals surface area contributed by atoms with Crippen molar-refractivity contribution in [2.24, 2.45) is 0 Å². The monoisotopic (exact) mass is 314 g/mol. The van der Waals surface area contributed by atoms with Crippen molar-refractivity contribution in [3.8, 4) is 0 Å². The maximum absolute atomic E-state index is 11.9. The van der Waals surface area contributed by atoms with Crippen LogP contribution in [0.3, 0.4) is 0 Å². The molecule has 6 heteroatoms. The Morgan fingerprint density at radius 2 is 2.00 bits per heavy atom. The van der Waals surface area contributed by atoms with E-state index in [0.29, 0.717) is 17.8 Å². The van der Waals surface area contributed by atoms with Gasteiger partial charge in [0.25, 0.3) is 5.91 Å². The fraction of sp³-hybridized carbons (Fsp3) is 0.154. The quantitative estimate of drug-likeness (QED) is 0.847. The van der Waals surface area contributed by atoms with E-state index in [4.69, 9.17) is 28.9 Å². The van der Waals surface area contributed by atoms with Crippen molar-refractivity contribution in [3.05, 3.63) is 50.1 Å². The molecule has 0 saturated heterocycles. The van der Waals surface area contributed by atoms with Crippen LogP contribution in [-0.2, 0) is 6.42 Å². The summed E-state index contributed by atoms with van der Waals surface area (Å²) in [6, 6.07) is 7.06. The van der Waals surface area contributed by atoms with Gasteiger partial charge in [0.2, 0.25) is 0 Å². The first-order valence-electron chi connectivity index (χ1n) is 5.63. The minimum absolute atomic E-state index is 0.208. The van der Waals surface area contributed by atoms with E-state index >= 15 is 0 Å². The number of thiophene rings is 1. The highest BCUT2D eigenvalue weighted by atomic mass is 35.5. The van der Waals surface area contributed by atoms with Crippen LogP contribution in [0.2, 0.25) is 10.0 Å². The summed E-state index contributed by atoms with van der Waals surface area (Å²) in [5.74, 6) is -0.208. The van der Waals surface area contributed by atoms with Gasteiger partial charge in [-0.25, -0.2) is 0 Å². The summed E-state index contributed by atoms with van der Waals surface area (Å²) in [4.78, 5) is 13.2. The van der Waals surface area contributed by atoms with Gasteiger partial charge in [-0.3, -0.25) is 4.79 Å². The van der Waals surface area contributed by atoms with E-state index in [1.807, 2.05) is 17.5 Å². The average molecular weight is 315 g/mol. The molecule has 0 bridgehead atoms. The standard InChI is InChI=1S/C13H12Cl2N2OS/c14-10-6-8(7-11(15)12(10)16)13(18)17-4-3-9-2-1-5-19-9/h1-2,5-7H,3-4,16H2,(H,17,18). The number of carbonyl (C=O) groups excluding carboxylic acids is 1. The first-order valence-corrected chi connectivity index (χ1v) is 7.26. The predicted octanol–water partition coefficient (Wildman–Crippen LogP) is 3.61. The van der Waals surface area contributed by atoms with Crippen molar-refractivity contribution in [1.82, 2.24) is 5.32 Å². The van der Waals surface area contributed by atoms with E-state index in [-0.39, 0.29) is 16.0 Å². The summed E-state index contributed by atoms with van der Waals surface area (Å²) in [6.45, 7) is 0.568. The van der Waals surface area contributed by atoms with Gasteiger partial charge in [-0.05, 0) is 30.0 Å². The lowest BCUT2D eigenvalue weighted by molar-refractivity contribution is 0.0954.